The molecule has 0 radical (unpaired) electrons. The fraction of sp³-hybridized carbons (Fsp3) is 0.250. The van der Waals surface area contributed by atoms with Crippen molar-refractivity contribution in [2.45, 2.75) is 6.54 Å². The number of ether oxygens (including phenoxy) is 1. The molecule has 0 amide bonds. The summed E-state index contributed by atoms with van der Waals surface area (Å²) in [7, 11) is 1.64. The Balaban J connectivity index is 2.13. The summed E-state index contributed by atoms with van der Waals surface area (Å²) < 4.78 is 6.72. The van der Waals surface area contributed by atoms with Gasteiger partial charge in [0.25, 0.3) is 0 Å². The molecule has 2 aromatic rings. The molecule has 0 saturated carbocycles. The van der Waals surface area contributed by atoms with Crippen LogP contribution in [0.15, 0.2) is 24.7 Å². The highest BCUT2D eigenvalue weighted by Crippen LogP contribution is 2.25. The molecule has 98 valence electrons. The van der Waals surface area contributed by atoms with Crippen LogP contribution in [0.25, 0.3) is 0 Å². The zero-order valence-electron chi connectivity index (χ0n) is 10.3. The topological polar surface area (TPSA) is 75.8 Å². The van der Waals surface area contributed by atoms with Gasteiger partial charge < -0.3 is 10.1 Å². The monoisotopic (exact) mass is 277 g/mol. The lowest BCUT2D eigenvalue weighted by molar-refractivity contribution is 0.183. The van der Waals surface area contributed by atoms with Crippen LogP contribution in [0, 0.1) is 11.3 Å². The van der Waals surface area contributed by atoms with E-state index in [-0.39, 0.29) is 0 Å². The molecular formula is C12H12ClN5O. The van der Waals surface area contributed by atoms with E-state index in [9.17, 15) is 0 Å². The van der Waals surface area contributed by atoms with Gasteiger partial charge in [-0.1, -0.05) is 11.6 Å². The molecule has 2 heterocycles. The zero-order valence-corrected chi connectivity index (χ0v) is 11.1. The molecule has 6 nitrogen and oxygen atoms in total. The highest BCUT2D eigenvalue weighted by Gasteiger charge is 2.08. The number of anilines is 2. The Labute approximate surface area is 115 Å². The summed E-state index contributed by atoms with van der Waals surface area (Å²) in [5.41, 5.74) is 1.13. The average molecular weight is 278 g/mol. The molecular weight excluding hydrogens is 266 g/mol. The number of rotatable bonds is 5. The van der Waals surface area contributed by atoms with Crippen LogP contribution in [0.5, 0.6) is 0 Å². The second-order valence-electron chi connectivity index (χ2n) is 3.74. The van der Waals surface area contributed by atoms with E-state index < -0.39 is 0 Å². The van der Waals surface area contributed by atoms with Crippen molar-refractivity contribution in [2.75, 3.05) is 19.0 Å². The largest absolute Gasteiger partial charge is 0.383 e. The minimum atomic E-state index is 0.301. The van der Waals surface area contributed by atoms with Crippen LogP contribution in [-0.4, -0.2) is 28.5 Å². The molecule has 0 spiro atoms. The van der Waals surface area contributed by atoms with Gasteiger partial charge >= 0.3 is 0 Å². The smallest absolute Gasteiger partial charge is 0.150 e. The lowest BCUT2D eigenvalue weighted by atomic mass is 10.3. The predicted octanol–water partition coefficient (Wildman–Crippen LogP) is 2.19. The van der Waals surface area contributed by atoms with Crippen LogP contribution >= 0.6 is 11.6 Å². The maximum Gasteiger partial charge on any atom is 0.150 e. The molecule has 2 rings (SSSR count). The molecule has 0 unspecified atom stereocenters. The summed E-state index contributed by atoms with van der Waals surface area (Å²) in [6.45, 7) is 1.25. The van der Waals surface area contributed by atoms with Gasteiger partial charge in [0, 0.05) is 19.5 Å². The molecule has 0 fully saturated rings. The zero-order chi connectivity index (χ0) is 13.7. The fourth-order valence-corrected chi connectivity index (χ4v) is 1.69. The van der Waals surface area contributed by atoms with Gasteiger partial charge in [0.15, 0.2) is 5.82 Å². The van der Waals surface area contributed by atoms with Crippen LogP contribution in [0.3, 0.4) is 0 Å². The Kier molecular flexibility index (Phi) is 4.34. The average Bonchev–Trinajstić information content (AvgIpc) is 2.86. The van der Waals surface area contributed by atoms with Crippen LogP contribution in [0.2, 0.25) is 5.02 Å². The first-order valence-corrected chi connectivity index (χ1v) is 5.95. The van der Waals surface area contributed by atoms with Crippen molar-refractivity contribution in [3.63, 3.8) is 0 Å². The van der Waals surface area contributed by atoms with Crippen molar-refractivity contribution >= 4 is 23.1 Å². The number of halogens is 1. The molecule has 2 aromatic heterocycles. The number of pyridine rings is 1. The Morgan fingerprint density at radius 3 is 3.16 bits per heavy atom. The minimum Gasteiger partial charge on any atom is -0.383 e. The van der Waals surface area contributed by atoms with Gasteiger partial charge in [-0.3, -0.25) is 4.68 Å². The number of nitrogens with one attached hydrogen (secondary N) is 1. The normalized spacial score (nSPS) is 10.2. The van der Waals surface area contributed by atoms with E-state index in [4.69, 9.17) is 21.6 Å². The fourth-order valence-electron chi connectivity index (χ4n) is 1.49. The van der Waals surface area contributed by atoms with Crippen LogP contribution < -0.4 is 5.32 Å². The van der Waals surface area contributed by atoms with E-state index in [0.29, 0.717) is 29.6 Å². The number of hydrogen-bond acceptors (Lipinski definition) is 5. The molecule has 0 aliphatic rings. The number of aromatic nitrogens is 3. The second-order valence-corrected chi connectivity index (χ2v) is 4.12. The van der Waals surface area contributed by atoms with E-state index in [0.717, 1.165) is 5.69 Å². The van der Waals surface area contributed by atoms with E-state index in [1.807, 2.05) is 12.3 Å². The third-order valence-corrected chi connectivity index (χ3v) is 2.81. The van der Waals surface area contributed by atoms with Gasteiger partial charge in [-0.05, 0) is 6.07 Å². The number of nitriles is 1. The Morgan fingerprint density at radius 2 is 2.42 bits per heavy atom. The van der Waals surface area contributed by atoms with Crippen molar-refractivity contribution in [1.82, 2.24) is 14.8 Å². The standard InChI is InChI=1S/C12H12ClN5O/c1-19-5-4-18-8-10(7-16-18)17-12-11(13)9(6-14)2-3-15-12/h2-3,7-8H,4-5H2,1H3,(H,15,17). The Morgan fingerprint density at radius 1 is 1.58 bits per heavy atom. The van der Waals surface area contributed by atoms with Crippen LogP contribution in [-0.2, 0) is 11.3 Å². The van der Waals surface area contributed by atoms with Gasteiger partial charge in [-0.25, -0.2) is 4.98 Å². The molecule has 0 saturated heterocycles. The van der Waals surface area contributed by atoms with Crippen molar-refractivity contribution in [1.29, 1.82) is 5.26 Å². The molecule has 0 aliphatic carbocycles. The number of methoxy groups -OCH3 is 1. The molecule has 19 heavy (non-hydrogen) atoms. The first-order chi connectivity index (χ1) is 9.24. The molecule has 0 bridgehead atoms. The maximum atomic E-state index is 8.89. The van der Waals surface area contributed by atoms with Crippen molar-refractivity contribution in [3.8, 4) is 6.07 Å². The van der Waals surface area contributed by atoms with Crippen LogP contribution in [0.4, 0.5) is 11.5 Å². The molecule has 7 heteroatoms. The predicted molar refractivity (Wildman–Crippen MR) is 71.3 cm³/mol. The summed E-state index contributed by atoms with van der Waals surface area (Å²) in [6.07, 6.45) is 5.00. The van der Waals surface area contributed by atoms with E-state index in [2.05, 4.69) is 15.4 Å². The SMILES string of the molecule is COCCn1cc(Nc2nccc(C#N)c2Cl)cn1. The molecule has 0 aliphatic heterocycles. The molecule has 1 N–H and O–H groups in total. The van der Waals surface area contributed by atoms with Crippen molar-refractivity contribution in [3.05, 3.63) is 35.2 Å². The second kappa shape index (κ2) is 6.18. The lowest BCUT2D eigenvalue weighted by Crippen LogP contribution is -2.04. The highest BCUT2D eigenvalue weighted by atomic mass is 35.5. The lowest BCUT2D eigenvalue weighted by Gasteiger charge is -2.05. The first kappa shape index (κ1) is 13.3. The third-order valence-electron chi connectivity index (χ3n) is 2.43. The summed E-state index contributed by atoms with van der Waals surface area (Å²) in [5, 5.41) is 16.4. The number of hydrogen-bond donors (Lipinski definition) is 1. The quantitative estimate of drug-likeness (QED) is 0.907. The highest BCUT2D eigenvalue weighted by molar-refractivity contribution is 6.34. The first-order valence-electron chi connectivity index (χ1n) is 5.57. The minimum absolute atomic E-state index is 0.301. The van der Waals surface area contributed by atoms with E-state index in [1.165, 1.54) is 6.20 Å². The van der Waals surface area contributed by atoms with Gasteiger partial charge in [0.05, 0.1) is 30.6 Å². The maximum absolute atomic E-state index is 8.89. The van der Waals surface area contributed by atoms with Crippen molar-refractivity contribution in [2.24, 2.45) is 0 Å². The van der Waals surface area contributed by atoms with Gasteiger partial charge in [0.2, 0.25) is 0 Å². The number of nitrogens with zero attached hydrogens (tertiary/aromatic N) is 4. The Hall–Kier alpha value is -2.10. The molecule has 0 aromatic carbocycles. The van der Waals surface area contributed by atoms with Gasteiger partial charge in [-0.15, -0.1) is 0 Å². The third kappa shape index (κ3) is 3.22. The van der Waals surface area contributed by atoms with Crippen molar-refractivity contribution < 1.29 is 4.74 Å². The molecule has 0 atom stereocenters. The van der Waals surface area contributed by atoms with E-state index >= 15 is 0 Å². The summed E-state index contributed by atoms with van der Waals surface area (Å²) >= 11 is 6.05. The summed E-state index contributed by atoms with van der Waals surface area (Å²) in [5.74, 6) is 0.437. The summed E-state index contributed by atoms with van der Waals surface area (Å²) in [4.78, 5) is 4.10. The summed E-state index contributed by atoms with van der Waals surface area (Å²) in [6, 6.07) is 3.57. The van der Waals surface area contributed by atoms with Gasteiger partial charge in [0.1, 0.15) is 11.1 Å². The Bertz CT molecular complexity index is 604. The van der Waals surface area contributed by atoms with Gasteiger partial charge in [-0.2, -0.15) is 10.4 Å². The van der Waals surface area contributed by atoms with E-state index in [1.54, 1.807) is 24.1 Å². The van der Waals surface area contributed by atoms with Crippen LogP contribution in [0.1, 0.15) is 5.56 Å².